The minimum absolute atomic E-state index is 0.103. The van der Waals surface area contributed by atoms with Crippen LogP contribution >= 0.6 is 11.6 Å². The number of hydrogen-bond donors (Lipinski definition) is 1. The Morgan fingerprint density at radius 1 is 1.47 bits per heavy atom. The SMILES string of the molecule is Cc1ccc(CC(=O)c2cn(CCN)nn2)c(Cl)c1. The zero-order valence-corrected chi connectivity index (χ0v) is 11.4. The number of carbonyl (C=O) groups excluding carboxylic acids is 1. The van der Waals surface area contributed by atoms with Crippen molar-refractivity contribution in [2.45, 2.75) is 19.9 Å². The van der Waals surface area contributed by atoms with Gasteiger partial charge in [-0.05, 0) is 24.1 Å². The number of ketones is 1. The van der Waals surface area contributed by atoms with Gasteiger partial charge in [-0.3, -0.25) is 9.48 Å². The molecule has 2 rings (SSSR count). The molecule has 0 saturated carbocycles. The summed E-state index contributed by atoms with van der Waals surface area (Å²) in [5.74, 6) is -0.103. The van der Waals surface area contributed by atoms with Crippen LogP contribution in [0.2, 0.25) is 5.02 Å². The Kier molecular flexibility index (Phi) is 4.29. The first-order chi connectivity index (χ1) is 9.10. The average molecular weight is 279 g/mol. The van der Waals surface area contributed by atoms with Crippen LogP contribution in [-0.4, -0.2) is 27.3 Å². The summed E-state index contributed by atoms with van der Waals surface area (Å²) in [6, 6.07) is 5.63. The third-order valence-electron chi connectivity index (χ3n) is 2.74. The van der Waals surface area contributed by atoms with Gasteiger partial charge in [0, 0.05) is 18.0 Å². The second kappa shape index (κ2) is 5.95. The van der Waals surface area contributed by atoms with E-state index in [1.54, 1.807) is 10.9 Å². The van der Waals surface area contributed by atoms with Gasteiger partial charge in [0.05, 0.1) is 12.7 Å². The molecule has 0 unspecified atom stereocenters. The zero-order valence-electron chi connectivity index (χ0n) is 10.6. The van der Waals surface area contributed by atoms with Gasteiger partial charge in [-0.2, -0.15) is 0 Å². The number of aromatic nitrogens is 3. The summed E-state index contributed by atoms with van der Waals surface area (Å²) in [5, 5.41) is 8.28. The van der Waals surface area contributed by atoms with E-state index in [1.807, 2.05) is 25.1 Å². The van der Waals surface area contributed by atoms with Crippen LogP contribution in [0.4, 0.5) is 0 Å². The van der Waals surface area contributed by atoms with Gasteiger partial charge in [-0.25, -0.2) is 0 Å². The molecule has 0 saturated heterocycles. The largest absolute Gasteiger partial charge is 0.329 e. The third kappa shape index (κ3) is 3.39. The second-order valence-electron chi connectivity index (χ2n) is 4.35. The van der Waals surface area contributed by atoms with Crippen LogP contribution in [0.5, 0.6) is 0 Å². The van der Waals surface area contributed by atoms with Gasteiger partial charge in [0.25, 0.3) is 0 Å². The Bertz CT molecular complexity index is 594. The van der Waals surface area contributed by atoms with Crippen molar-refractivity contribution in [3.05, 3.63) is 46.2 Å². The molecule has 19 heavy (non-hydrogen) atoms. The van der Waals surface area contributed by atoms with Crippen molar-refractivity contribution in [3.63, 3.8) is 0 Å². The molecule has 0 aliphatic carbocycles. The molecule has 0 fully saturated rings. The number of nitrogens with zero attached hydrogens (tertiary/aromatic N) is 3. The summed E-state index contributed by atoms with van der Waals surface area (Å²) in [4.78, 5) is 12.1. The number of hydrogen-bond acceptors (Lipinski definition) is 4. The Morgan fingerprint density at radius 2 is 2.26 bits per heavy atom. The third-order valence-corrected chi connectivity index (χ3v) is 3.09. The van der Waals surface area contributed by atoms with Gasteiger partial charge in [0.2, 0.25) is 0 Å². The summed E-state index contributed by atoms with van der Waals surface area (Å²) in [5.41, 5.74) is 7.61. The fourth-order valence-electron chi connectivity index (χ4n) is 1.73. The fraction of sp³-hybridized carbons (Fsp3) is 0.308. The Hall–Kier alpha value is -1.72. The van der Waals surface area contributed by atoms with Crippen molar-refractivity contribution >= 4 is 17.4 Å². The van der Waals surface area contributed by atoms with Crippen molar-refractivity contribution in [1.29, 1.82) is 0 Å². The highest BCUT2D eigenvalue weighted by Crippen LogP contribution is 2.19. The van der Waals surface area contributed by atoms with Crippen LogP contribution in [0.3, 0.4) is 0 Å². The number of halogens is 1. The summed E-state index contributed by atoms with van der Waals surface area (Å²) in [7, 11) is 0. The monoisotopic (exact) mass is 278 g/mol. The predicted molar refractivity (Wildman–Crippen MR) is 73.3 cm³/mol. The molecule has 2 N–H and O–H groups in total. The standard InChI is InChI=1S/C13H15ClN4O/c1-9-2-3-10(11(14)6-9)7-13(19)12-8-18(5-4-15)17-16-12/h2-3,6,8H,4-5,7,15H2,1H3. The molecular formula is C13H15ClN4O. The minimum Gasteiger partial charge on any atom is -0.329 e. The molecule has 0 aliphatic heterocycles. The first-order valence-electron chi connectivity index (χ1n) is 5.98. The number of rotatable bonds is 5. The summed E-state index contributed by atoms with van der Waals surface area (Å²) >= 11 is 6.11. The number of benzene rings is 1. The van der Waals surface area contributed by atoms with Crippen molar-refractivity contribution in [2.75, 3.05) is 6.54 Å². The number of carbonyl (C=O) groups is 1. The lowest BCUT2D eigenvalue weighted by molar-refractivity contribution is 0.0988. The van der Waals surface area contributed by atoms with Crippen LogP contribution in [-0.2, 0) is 13.0 Å². The molecule has 5 nitrogen and oxygen atoms in total. The molecule has 0 radical (unpaired) electrons. The van der Waals surface area contributed by atoms with E-state index in [4.69, 9.17) is 17.3 Å². The van der Waals surface area contributed by atoms with Crippen molar-refractivity contribution in [1.82, 2.24) is 15.0 Å². The molecule has 1 aromatic carbocycles. The molecule has 0 bridgehead atoms. The molecular weight excluding hydrogens is 264 g/mol. The van der Waals surface area contributed by atoms with E-state index in [-0.39, 0.29) is 12.2 Å². The van der Waals surface area contributed by atoms with Gasteiger partial charge in [0.15, 0.2) is 5.78 Å². The van der Waals surface area contributed by atoms with Crippen LogP contribution in [0.1, 0.15) is 21.6 Å². The quantitative estimate of drug-likeness (QED) is 0.844. The Morgan fingerprint density at radius 3 is 2.95 bits per heavy atom. The average Bonchev–Trinajstić information content (AvgIpc) is 2.82. The van der Waals surface area contributed by atoms with Gasteiger partial charge in [-0.15, -0.1) is 5.10 Å². The Balaban J connectivity index is 2.11. The van der Waals surface area contributed by atoms with E-state index in [1.165, 1.54) is 0 Å². The highest BCUT2D eigenvalue weighted by molar-refractivity contribution is 6.31. The first-order valence-corrected chi connectivity index (χ1v) is 6.36. The molecule has 0 atom stereocenters. The van der Waals surface area contributed by atoms with Gasteiger partial charge >= 0.3 is 0 Å². The molecule has 1 heterocycles. The van der Waals surface area contributed by atoms with E-state index in [9.17, 15) is 4.79 Å². The zero-order chi connectivity index (χ0) is 13.8. The lowest BCUT2D eigenvalue weighted by Crippen LogP contribution is -2.10. The summed E-state index contributed by atoms with van der Waals surface area (Å²) < 4.78 is 1.56. The molecule has 0 spiro atoms. The van der Waals surface area contributed by atoms with E-state index >= 15 is 0 Å². The predicted octanol–water partition coefficient (Wildman–Crippen LogP) is 1.62. The van der Waals surface area contributed by atoms with Crippen LogP contribution in [0.15, 0.2) is 24.4 Å². The number of nitrogens with two attached hydrogens (primary N) is 1. The second-order valence-corrected chi connectivity index (χ2v) is 4.76. The highest BCUT2D eigenvalue weighted by Gasteiger charge is 2.13. The lowest BCUT2D eigenvalue weighted by atomic mass is 10.1. The van der Waals surface area contributed by atoms with Crippen molar-refractivity contribution in [3.8, 4) is 0 Å². The van der Waals surface area contributed by atoms with E-state index in [2.05, 4.69) is 10.3 Å². The maximum atomic E-state index is 12.1. The van der Waals surface area contributed by atoms with E-state index in [0.29, 0.717) is 23.8 Å². The Labute approximate surface area is 116 Å². The van der Waals surface area contributed by atoms with Crippen molar-refractivity contribution in [2.24, 2.45) is 5.73 Å². The van der Waals surface area contributed by atoms with E-state index < -0.39 is 0 Å². The van der Waals surface area contributed by atoms with Gasteiger partial charge < -0.3 is 5.73 Å². The molecule has 1 aromatic heterocycles. The molecule has 0 amide bonds. The van der Waals surface area contributed by atoms with Crippen molar-refractivity contribution < 1.29 is 4.79 Å². The maximum absolute atomic E-state index is 12.1. The smallest absolute Gasteiger partial charge is 0.189 e. The maximum Gasteiger partial charge on any atom is 0.189 e. The van der Waals surface area contributed by atoms with E-state index in [0.717, 1.165) is 11.1 Å². The highest BCUT2D eigenvalue weighted by atomic mass is 35.5. The molecule has 6 heteroatoms. The van der Waals surface area contributed by atoms with Gasteiger partial charge in [0.1, 0.15) is 5.69 Å². The minimum atomic E-state index is -0.103. The van der Waals surface area contributed by atoms with Crippen LogP contribution < -0.4 is 5.73 Å². The van der Waals surface area contributed by atoms with Crippen LogP contribution in [0.25, 0.3) is 0 Å². The normalized spacial score (nSPS) is 10.7. The number of aryl methyl sites for hydroxylation is 1. The molecule has 100 valence electrons. The fourth-order valence-corrected chi connectivity index (χ4v) is 2.03. The summed E-state index contributed by atoms with van der Waals surface area (Å²) in [6.45, 7) is 2.96. The molecule has 2 aromatic rings. The lowest BCUT2D eigenvalue weighted by Gasteiger charge is -2.03. The first kappa shape index (κ1) is 13.7. The van der Waals surface area contributed by atoms with Gasteiger partial charge in [-0.1, -0.05) is 28.9 Å². The summed E-state index contributed by atoms with van der Waals surface area (Å²) in [6.07, 6.45) is 1.83. The molecule has 0 aliphatic rings. The topological polar surface area (TPSA) is 73.8 Å². The van der Waals surface area contributed by atoms with Crippen LogP contribution in [0, 0.1) is 6.92 Å². The number of Topliss-reactive ketones (excluding diaryl/α,β-unsaturated/α-hetero) is 1.